The van der Waals surface area contributed by atoms with Gasteiger partial charge >= 0.3 is 0 Å². The lowest BCUT2D eigenvalue weighted by molar-refractivity contribution is 0.520. The fourth-order valence-corrected chi connectivity index (χ4v) is 3.97. The number of rotatable bonds is 3. The van der Waals surface area contributed by atoms with Crippen molar-refractivity contribution >= 4 is 38.0 Å². The topological polar surface area (TPSA) is 118 Å². The molecule has 2 aromatic carbocycles. The van der Waals surface area contributed by atoms with Gasteiger partial charge in [-0.25, -0.2) is 22.7 Å². The van der Waals surface area contributed by atoms with Crippen LogP contribution in [0, 0.1) is 11.3 Å². The summed E-state index contributed by atoms with van der Waals surface area (Å²) in [5, 5.41) is 9.59. The molecular weight excluding hydrogens is 376 g/mol. The Morgan fingerprint density at radius 3 is 2.39 bits per heavy atom. The highest BCUT2D eigenvalue weighted by molar-refractivity contribution is 7.89. The van der Waals surface area contributed by atoms with Crippen molar-refractivity contribution in [1.29, 1.82) is 5.26 Å². The van der Waals surface area contributed by atoms with E-state index in [1.165, 1.54) is 26.2 Å². The second-order valence-corrected chi connectivity index (χ2v) is 8.53. The summed E-state index contributed by atoms with van der Waals surface area (Å²) in [4.78, 5) is 9.28. The van der Waals surface area contributed by atoms with Crippen LogP contribution in [0.4, 0.5) is 5.82 Å². The van der Waals surface area contributed by atoms with Crippen LogP contribution < -0.4 is 5.73 Å². The average molecular weight is 392 g/mol. The maximum atomic E-state index is 12.5. The molecule has 9 heteroatoms. The Morgan fingerprint density at radius 1 is 1.07 bits per heavy atom. The van der Waals surface area contributed by atoms with Crippen LogP contribution in [0.5, 0.6) is 0 Å². The lowest BCUT2D eigenvalue weighted by Crippen LogP contribution is -2.22. The summed E-state index contributed by atoms with van der Waals surface area (Å²) < 4.78 is 27.7. The Morgan fingerprint density at radius 2 is 1.75 bits per heavy atom. The van der Waals surface area contributed by atoms with E-state index in [1.54, 1.807) is 22.8 Å². The molecule has 0 atom stereocenters. The summed E-state index contributed by atoms with van der Waals surface area (Å²) in [6, 6.07) is 15.7. The predicted octanol–water partition coefficient (Wildman–Crippen LogP) is 2.28. The number of fused-ring (bicyclic) bond motifs is 2. The molecule has 0 spiro atoms. The Labute approximate surface area is 161 Å². The maximum Gasteiger partial charge on any atom is 0.242 e. The summed E-state index contributed by atoms with van der Waals surface area (Å²) in [6.45, 7) is 0. The molecule has 8 nitrogen and oxygen atoms in total. The normalized spacial score (nSPS) is 11.9. The molecule has 0 saturated heterocycles. The molecule has 2 aromatic heterocycles. The SMILES string of the molecule is CN(C)S(=O)(=O)c1cccc(-n2c(N)c(C#N)c3nc4ccccc4nc32)c1. The molecule has 0 aliphatic carbocycles. The number of sulfonamides is 1. The van der Waals surface area contributed by atoms with Gasteiger partial charge in [-0.3, -0.25) is 4.57 Å². The minimum absolute atomic E-state index is 0.114. The zero-order chi connectivity index (χ0) is 20.1. The Balaban J connectivity index is 2.06. The number of hydrogen-bond acceptors (Lipinski definition) is 6. The van der Waals surface area contributed by atoms with Crippen molar-refractivity contribution in [3.8, 4) is 11.8 Å². The van der Waals surface area contributed by atoms with Crippen LogP contribution >= 0.6 is 0 Å². The molecule has 0 radical (unpaired) electrons. The molecule has 4 rings (SSSR count). The Bertz CT molecular complexity index is 1380. The van der Waals surface area contributed by atoms with Gasteiger partial charge in [-0.1, -0.05) is 18.2 Å². The highest BCUT2D eigenvalue weighted by atomic mass is 32.2. The number of benzene rings is 2. The van der Waals surface area contributed by atoms with E-state index in [4.69, 9.17) is 5.73 Å². The zero-order valence-electron chi connectivity index (χ0n) is 15.2. The summed E-state index contributed by atoms with van der Waals surface area (Å²) in [5.74, 6) is 0.159. The molecule has 0 unspecified atom stereocenters. The van der Waals surface area contributed by atoms with Gasteiger partial charge in [-0.15, -0.1) is 0 Å². The van der Waals surface area contributed by atoms with Crippen LogP contribution in [0.2, 0.25) is 0 Å². The van der Waals surface area contributed by atoms with Crippen molar-refractivity contribution in [2.75, 3.05) is 19.8 Å². The van der Waals surface area contributed by atoms with E-state index in [-0.39, 0.29) is 16.3 Å². The minimum Gasteiger partial charge on any atom is -0.384 e. The first-order valence-electron chi connectivity index (χ1n) is 8.34. The van der Waals surface area contributed by atoms with Crippen molar-refractivity contribution in [3.63, 3.8) is 0 Å². The Kier molecular flexibility index (Phi) is 4.03. The highest BCUT2D eigenvalue weighted by Crippen LogP contribution is 2.31. The number of anilines is 1. The van der Waals surface area contributed by atoms with Crippen molar-refractivity contribution in [1.82, 2.24) is 18.8 Å². The third-order valence-corrected chi connectivity index (χ3v) is 6.28. The second kappa shape index (κ2) is 6.30. The first-order chi connectivity index (χ1) is 13.3. The van der Waals surface area contributed by atoms with E-state index in [0.717, 1.165) is 4.31 Å². The average Bonchev–Trinajstić information content (AvgIpc) is 2.96. The second-order valence-electron chi connectivity index (χ2n) is 6.38. The largest absolute Gasteiger partial charge is 0.384 e. The first-order valence-corrected chi connectivity index (χ1v) is 9.78. The quantitative estimate of drug-likeness (QED) is 0.571. The lowest BCUT2D eigenvalue weighted by Gasteiger charge is -2.13. The standard InChI is InChI=1S/C19H16N6O2S/c1-24(2)28(26,27)13-7-5-6-12(10-13)25-18(21)14(11-20)17-19(25)23-16-9-4-3-8-15(16)22-17/h3-10H,21H2,1-2H3. The van der Waals surface area contributed by atoms with Crippen LogP contribution in [0.25, 0.3) is 27.9 Å². The van der Waals surface area contributed by atoms with Crippen molar-refractivity contribution in [2.24, 2.45) is 0 Å². The lowest BCUT2D eigenvalue weighted by atomic mass is 10.2. The van der Waals surface area contributed by atoms with Crippen molar-refractivity contribution < 1.29 is 8.42 Å². The van der Waals surface area contributed by atoms with Gasteiger partial charge in [-0.05, 0) is 30.3 Å². The van der Waals surface area contributed by atoms with Crippen LogP contribution in [0.3, 0.4) is 0 Å². The fraction of sp³-hybridized carbons (Fsp3) is 0.105. The van der Waals surface area contributed by atoms with E-state index in [2.05, 4.69) is 16.0 Å². The van der Waals surface area contributed by atoms with Gasteiger partial charge in [-0.2, -0.15) is 5.26 Å². The van der Waals surface area contributed by atoms with Gasteiger partial charge in [0.2, 0.25) is 10.0 Å². The van der Waals surface area contributed by atoms with Gasteiger partial charge < -0.3 is 5.73 Å². The summed E-state index contributed by atoms with van der Waals surface area (Å²) >= 11 is 0. The van der Waals surface area contributed by atoms with Gasteiger partial charge in [0.1, 0.15) is 23.0 Å². The molecule has 0 bridgehead atoms. The molecule has 0 saturated carbocycles. The van der Waals surface area contributed by atoms with Crippen LogP contribution in [-0.2, 0) is 10.0 Å². The van der Waals surface area contributed by atoms with Gasteiger partial charge in [0.05, 0.1) is 21.6 Å². The molecule has 2 N–H and O–H groups in total. The Hall–Kier alpha value is -3.48. The highest BCUT2D eigenvalue weighted by Gasteiger charge is 2.22. The van der Waals surface area contributed by atoms with Gasteiger partial charge in [0.15, 0.2) is 5.65 Å². The molecule has 0 amide bonds. The third-order valence-electron chi connectivity index (χ3n) is 4.46. The van der Waals surface area contributed by atoms with Gasteiger partial charge in [0, 0.05) is 14.1 Å². The number of nitrogens with two attached hydrogens (primary N) is 1. The molecule has 0 aliphatic rings. The summed E-state index contributed by atoms with van der Waals surface area (Å²) in [7, 11) is -0.699. The summed E-state index contributed by atoms with van der Waals surface area (Å²) in [5.41, 5.74) is 8.99. The number of nitriles is 1. The van der Waals surface area contributed by atoms with E-state index in [1.807, 2.05) is 18.2 Å². The van der Waals surface area contributed by atoms with Crippen molar-refractivity contribution in [2.45, 2.75) is 4.90 Å². The number of hydrogen-bond donors (Lipinski definition) is 1. The van der Waals surface area contributed by atoms with Crippen LogP contribution in [0.1, 0.15) is 5.56 Å². The van der Waals surface area contributed by atoms with Gasteiger partial charge in [0.25, 0.3) is 0 Å². The zero-order valence-corrected chi connectivity index (χ0v) is 16.0. The monoisotopic (exact) mass is 392 g/mol. The number of nitrogens with zero attached hydrogens (tertiary/aromatic N) is 5. The maximum absolute atomic E-state index is 12.5. The van der Waals surface area contributed by atoms with E-state index < -0.39 is 10.0 Å². The molecular formula is C19H16N6O2S. The molecule has 0 aliphatic heterocycles. The van der Waals surface area contributed by atoms with E-state index in [9.17, 15) is 13.7 Å². The van der Waals surface area contributed by atoms with Crippen LogP contribution in [0.15, 0.2) is 53.4 Å². The molecule has 0 fully saturated rings. The van der Waals surface area contributed by atoms with Crippen LogP contribution in [-0.4, -0.2) is 41.4 Å². The number of para-hydroxylation sites is 2. The van der Waals surface area contributed by atoms with E-state index >= 15 is 0 Å². The third kappa shape index (κ3) is 2.58. The minimum atomic E-state index is -3.63. The molecule has 28 heavy (non-hydrogen) atoms. The number of nitrogen functional groups attached to an aromatic ring is 1. The smallest absolute Gasteiger partial charge is 0.242 e. The number of aromatic nitrogens is 3. The molecule has 140 valence electrons. The predicted molar refractivity (Wildman–Crippen MR) is 106 cm³/mol. The van der Waals surface area contributed by atoms with E-state index in [0.29, 0.717) is 27.9 Å². The molecule has 2 heterocycles. The first kappa shape index (κ1) is 17.9. The molecule has 4 aromatic rings. The fourth-order valence-electron chi connectivity index (χ4n) is 3.03. The van der Waals surface area contributed by atoms with Crippen molar-refractivity contribution in [3.05, 3.63) is 54.1 Å². The summed E-state index contributed by atoms with van der Waals surface area (Å²) in [6.07, 6.45) is 0.